The number of amidine groups is 1. The highest BCUT2D eigenvalue weighted by atomic mass is 32.2. The van der Waals surface area contributed by atoms with Gasteiger partial charge < -0.3 is 25.7 Å². The van der Waals surface area contributed by atoms with Crippen molar-refractivity contribution < 1.29 is 19.8 Å². The van der Waals surface area contributed by atoms with E-state index in [2.05, 4.69) is 0 Å². The molecule has 9 heteroatoms. The van der Waals surface area contributed by atoms with Gasteiger partial charge in [0.1, 0.15) is 5.70 Å². The van der Waals surface area contributed by atoms with Crippen LogP contribution >= 0.6 is 11.8 Å². The highest BCUT2D eigenvalue weighted by Gasteiger charge is 2.59. The van der Waals surface area contributed by atoms with Crippen molar-refractivity contribution in [3.05, 3.63) is 11.3 Å². The number of carboxylic acids is 1. The van der Waals surface area contributed by atoms with Crippen LogP contribution in [0.2, 0.25) is 0 Å². The Kier molecular flexibility index (Phi) is 5.56. The van der Waals surface area contributed by atoms with Crippen LogP contribution in [-0.2, 0) is 9.59 Å². The van der Waals surface area contributed by atoms with Gasteiger partial charge in [0.05, 0.1) is 18.1 Å². The third-order valence-corrected chi connectivity index (χ3v) is 5.39. The van der Waals surface area contributed by atoms with Gasteiger partial charge in [0.15, 0.2) is 5.17 Å². The Balaban J connectivity index is 2.14. The summed E-state index contributed by atoms with van der Waals surface area (Å²) in [5.41, 5.74) is 6.07. The van der Waals surface area contributed by atoms with E-state index in [0.717, 1.165) is 0 Å². The largest absolute Gasteiger partial charge is 0.477 e. The molecular weight excluding hydrogens is 332 g/mol. The molecule has 0 spiro atoms. The summed E-state index contributed by atoms with van der Waals surface area (Å²) in [6, 6.07) is -0.279. The second-order valence-corrected chi connectivity index (χ2v) is 7.52. The number of carbonyl (C=O) groups is 2. The molecule has 0 aliphatic carbocycles. The Morgan fingerprint density at radius 2 is 2.17 bits per heavy atom. The number of β-lactam (4-membered cyclic amide) rings is 1. The van der Waals surface area contributed by atoms with E-state index in [1.54, 1.807) is 6.92 Å². The maximum atomic E-state index is 12.2. The number of thioether (sulfide) groups is 1. The number of nitrogens with one attached hydrogen (secondary N) is 1. The lowest BCUT2D eigenvalue weighted by atomic mass is 9.77. The van der Waals surface area contributed by atoms with Crippen molar-refractivity contribution >= 4 is 28.8 Å². The molecule has 4 atom stereocenters. The Morgan fingerprint density at radius 1 is 1.54 bits per heavy atom. The van der Waals surface area contributed by atoms with Gasteiger partial charge in [-0.3, -0.25) is 10.2 Å². The zero-order chi connectivity index (χ0) is 18.2. The monoisotopic (exact) mass is 356 g/mol. The number of likely N-dealkylation sites (N-methyl/N-ethyl adjacent to an activating group) is 1. The van der Waals surface area contributed by atoms with E-state index in [1.807, 2.05) is 18.9 Å². The molecule has 0 bridgehead atoms. The van der Waals surface area contributed by atoms with Crippen LogP contribution in [0.1, 0.15) is 13.8 Å². The molecule has 1 amide bonds. The number of amides is 1. The van der Waals surface area contributed by atoms with Crippen LogP contribution in [0.5, 0.6) is 0 Å². The molecule has 24 heavy (non-hydrogen) atoms. The molecule has 0 unspecified atom stereocenters. The average molecular weight is 356 g/mol. The number of hydrogen-bond acceptors (Lipinski definition) is 6. The van der Waals surface area contributed by atoms with Crippen LogP contribution in [0, 0.1) is 17.2 Å². The summed E-state index contributed by atoms with van der Waals surface area (Å²) >= 11 is 1.23. The highest BCUT2D eigenvalue weighted by molar-refractivity contribution is 8.13. The third kappa shape index (κ3) is 3.28. The lowest BCUT2D eigenvalue weighted by Gasteiger charge is -2.46. The van der Waals surface area contributed by atoms with E-state index >= 15 is 0 Å². The van der Waals surface area contributed by atoms with E-state index in [4.69, 9.17) is 11.1 Å². The molecule has 0 saturated carbocycles. The van der Waals surface area contributed by atoms with Crippen molar-refractivity contribution in [2.45, 2.75) is 26.0 Å². The van der Waals surface area contributed by atoms with Crippen LogP contribution in [0.15, 0.2) is 11.3 Å². The maximum Gasteiger partial charge on any atom is 0.352 e. The number of fused-ring (bicyclic) bond motifs is 1. The standard InChI is InChI=1S/C15H24N4O4S/c1-7-9(6-18(3)4-5-24-15(16)17)12(14(22)23)19-11(7)10(8(2)20)13(19)21/h7-8,10-11,20H,4-6H2,1-3H3,(H3,16,17)(H,22,23)/t7-,8+,10+,11+/m0/s1. The highest BCUT2D eigenvalue weighted by Crippen LogP contribution is 2.47. The minimum Gasteiger partial charge on any atom is -0.477 e. The molecule has 2 heterocycles. The normalized spacial score (nSPS) is 27.3. The minimum atomic E-state index is -1.11. The van der Waals surface area contributed by atoms with Gasteiger partial charge in [0, 0.05) is 24.8 Å². The smallest absolute Gasteiger partial charge is 0.352 e. The van der Waals surface area contributed by atoms with Crippen molar-refractivity contribution in [2.24, 2.45) is 17.6 Å². The minimum absolute atomic E-state index is 0.0533. The van der Waals surface area contributed by atoms with Gasteiger partial charge in [-0.1, -0.05) is 18.7 Å². The number of hydrogen-bond donors (Lipinski definition) is 4. The summed E-state index contributed by atoms with van der Waals surface area (Å²) in [4.78, 5) is 27.2. The predicted octanol–water partition coefficient (Wildman–Crippen LogP) is -0.259. The molecule has 0 aromatic rings. The van der Waals surface area contributed by atoms with E-state index in [1.165, 1.54) is 16.7 Å². The summed E-state index contributed by atoms with van der Waals surface area (Å²) in [5.74, 6) is -1.44. The van der Waals surface area contributed by atoms with Crippen molar-refractivity contribution in [3.8, 4) is 0 Å². The maximum absolute atomic E-state index is 12.2. The second kappa shape index (κ2) is 7.12. The molecule has 8 nitrogen and oxygen atoms in total. The van der Waals surface area contributed by atoms with Crippen molar-refractivity contribution in [1.29, 1.82) is 5.41 Å². The number of carboxylic acid groups (broad SMARTS) is 1. The number of aliphatic hydroxyl groups is 1. The van der Waals surface area contributed by atoms with Crippen LogP contribution in [-0.4, -0.2) is 75.1 Å². The molecule has 0 radical (unpaired) electrons. The van der Waals surface area contributed by atoms with Crippen LogP contribution in [0.4, 0.5) is 0 Å². The molecule has 0 aromatic carbocycles. The SMILES string of the molecule is C[C@@H](O)[C@H]1C(=O)N2C(C(=O)O)=C(CN(C)CCSC(=N)N)[C@H](C)[C@H]12. The summed E-state index contributed by atoms with van der Waals surface area (Å²) in [7, 11) is 1.86. The number of aliphatic hydroxyl groups excluding tert-OH is 1. The van der Waals surface area contributed by atoms with E-state index < -0.39 is 18.0 Å². The zero-order valence-corrected chi connectivity index (χ0v) is 14.8. The van der Waals surface area contributed by atoms with Gasteiger partial charge in [-0.2, -0.15) is 0 Å². The quantitative estimate of drug-likeness (QED) is 0.281. The fourth-order valence-electron chi connectivity index (χ4n) is 3.53. The lowest BCUT2D eigenvalue weighted by Crippen LogP contribution is -2.63. The summed E-state index contributed by atoms with van der Waals surface area (Å²) < 4.78 is 0. The van der Waals surface area contributed by atoms with Gasteiger partial charge in [-0.05, 0) is 19.5 Å². The molecule has 0 aromatic heterocycles. The molecule has 2 rings (SSSR count). The average Bonchev–Trinajstić information content (AvgIpc) is 2.68. The summed E-state index contributed by atoms with van der Waals surface area (Å²) in [5, 5.41) is 26.6. The topological polar surface area (TPSA) is 131 Å². The summed E-state index contributed by atoms with van der Waals surface area (Å²) in [6.45, 7) is 4.54. The van der Waals surface area contributed by atoms with Crippen molar-refractivity contribution in [2.75, 3.05) is 25.9 Å². The van der Waals surface area contributed by atoms with E-state index in [-0.39, 0.29) is 28.7 Å². The lowest BCUT2D eigenvalue weighted by molar-refractivity contribution is -0.163. The number of rotatable bonds is 7. The Labute approximate surface area is 145 Å². The number of carbonyl (C=O) groups excluding carboxylic acids is 1. The van der Waals surface area contributed by atoms with Crippen molar-refractivity contribution in [1.82, 2.24) is 9.80 Å². The molecular formula is C15H24N4O4S. The first-order valence-corrected chi connectivity index (χ1v) is 8.78. The molecule has 5 N–H and O–H groups in total. The third-order valence-electron chi connectivity index (χ3n) is 4.69. The first kappa shape index (κ1) is 18.8. The van der Waals surface area contributed by atoms with Crippen LogP contribution in [0.25, 0.3) is 0 Å². The van der Waals surface area contributed by atoms with Gasteiger partial charge in [0.25, 0.3) is 0 Å². The first-order valence-electron chi connectivity index (χ1n) is 7.79. The Bertz CT molecular complexity index is 592. The van der Waals surface area contributed by atoms with Crippen LogP contribution < -0.4 is 5.73 Å². The summed E-state index contributed by atoms with van der Waals surface area (Å²) in [6.07, 6.45) is -0.791. The molecule has 2 aliphatic heterocycles. The number of nitrogens with zero attached hydrogens (tertiary/aromatic N) is 2. The first-order chi connectivity index (χ1) is 11.2. The van der Waals surface area contributed by atoms with E-state index in [9.17, 15) is 19.8 Å². The van der Waals surface area contributed by atoms with Gasteiger partial charge in [0.2, 0.25) is 5.91 Å². The molecule has 134 valence electrons. The predicted molar refractivity (Wildman–Crippen MR) is 91.5 cm³/mol. The Hall–Kier alpha value is -1.58. The fraction of sp³-hybridized carbons (Fsp3) is 0.667. The zero-order valence-electron chi connectivity index (χ0n) is 14.0. The molecule has 1 saturated heterocycles. The van der Waals surface area contributed by atoms with Gasteiger partial charge >= 0.3 is 5.97 Å². The van der Waals surface area contributed by atoms with E-state index in [0.29, 0.717) is 24.4 Å². The molecule has 1 fully saturated rings. The molecule has 2 aliphatic rings. The Morgan fingerprint density at radius 3 is 2.67 bits per heavy atom. The second-order valence-electron chi connectivity index (χ2n) is 6.38. The van der Waals surface area contributed by atoms with Gasteiger partial charge in [-0.25, -0.2) is 4.79 Å². The number of aliphatic carboxylic acids is 1. The van der Waals surface area contributed by atoms with Crippen molar-refractivity contribution in [3.63, 3.8) is 0 Å². The van der Waals surface area contributed by atoms with Gasteiger partial charge in [-0.15, -0.1) is 0 Å². The fourth-order valence-corrected chi connectivity index (χ4v) is 4.16. The van der Waals surface area contributed by atoms with Crippen LogP contribution in [0.3, 0.4) is 0 Å². The number of nitrogens with two attached hydrogens (primary N) is 1.